The second-order valence-electron chi connectivity index (χ2n) is 10.2. The summed E-state index contributed by atoms with van der Waals surface area (Å²) in [4.78, 5) is 27.2. The smallest absolute Gasteiger partial charge is 0.258 e. The highest BCUT2D eigenvalue weighted by molar-refractivity contribution is 7.16. The normalized spacial score (nSPS) is 20.0. The van der Waals surface area contributed by atoms with Gasteiger partial charge in [-0.15, -0.1) is 11.3 Å². The van der Waals surface area contributed by atoms with Crippen LogP contribution in [0.3, 0.4) is 0 Å². The monoisotopic (exact) mass is 492 g/mol. The van der Waals surface area contributed by atoms with Gasteiger partial charge in [-0.2, -0.15) is 4.98 Å². The number of nitrogens with zero attached hydrogens (tertiary/aromatic N) is 4. The molecule has 0 radical (unpaired) electrons. The molecular formula is C25H28N6O3S. The molecule has 1 amide bonds. The second-order valence-corrected chi connectivity index (χ2v) is 11.2. The first-order valence-corrected chi connectivity index (χ1v) is 12.3. The minimum Gasteiger partial charge on any atom is -0.380 e. The zero-order valence-corrected chi connectivity index (χ0v) is 21.2. The Bertz CT molecular complexity index is 1410. The lowest BCUT2D eigenvalue weighted by molar-refractivity contribution is -0.143. The fraction of sp³-hybridized carbons (Fsp3) is 0.400. The zero-order chi connectivity index (χ0) is 25.0. The van der Waals surface area contributed by atoms with Gasteiger partial charge in [0.1, 0.15) is 11.4 Å². The molecule has 4 aromatic rings. The Balaban J connectivity index is 1.28. The molecule has 1 fully saturated rings. The van der Waals surface area contributed by atoms with E-state index < -0.39 is 11.5 Å². The number of amides is 1. The number of fused-ring (bicyclic) bond motifs is 1. The van der Waals surface area contributed by atoms with Crippen LogP contribution in [-0.2, 0) is 10.2 Å². The first kappa shape index (κ1) is 23.4. The van der Waals surface area contributed by atoms with Crippen LogP contribution in [0.4, 0.5) is 10.9 Å². The Labute approximate surface area is 207 Å². The number of hydrogen-bond donors (Lipinski definition) is 3. The standard InChI is InChI=1S/C25H28N6O3S/c1-13-19(24(3,4)5)35-23(27-13)30-22(32)25(33)11-17(12-25)29-21-18-10-16(20-28-14(2)34-31-20)7-6-15(18)8-9-26-21/h6-10,17,33H,11-12H2,1-5H3,(H,26,29)(H,27,30,32). The van der Waals surface area contributed by atoms with Crippen LogP contribution in [0.2, 0.25) is 0 Å². The van der Waals surface area contributed by atoms with Crippen molar-refractivity contribution in [1.82, 2.24) is 20.1 Å². The third-order valence-corrected chi connectivity index (χ3v) is 7.68. The summed E-state index contributed by atoms with van der Waals surface area (Å²) in [5, 5.41) is 23.5. The largest absolute Gasteiger partial charge is 0.380 e. The molecule has 1 aliphatic rings. The van der Waals surface area contributed by atoms with Crippen LogP contribution in [0, 0.1) is 13.8 Å². The first-order valence-electron chi connectivity index (χ1n) is 11.5. The number of hydrogen-bond acceptors (Lipinski definition) is 9. The number of anilines is 2. The molecular weight excluding hydrogens is 464 g/mol. The number of carbonyl (C=O) groups is 1. The maximum absolute atomic E-state index is 12.8. The molecule has 35 heavy (non-hydrogen) atoms. The van der Waals surface area contributed by atoms with E-state index in [0.717, 1.165) is 26.9 Å². The topological polar surface area (TPSA) is 126 Å². The maximum Gasteiger partial charge on any atom is 0.258 e. The molecule has 0 spiro atoms. The Kier molecular flexibility index (Phi) is 5.60. The number of carbonyl (C=O) groups excluding carboxylic acids is 1. The van der Waals surface area contributed by atoms with Crippen LogP contribution in [0.5, 0.6) is 0 Å². The van der Waals surface area contributed by atoms with Crippen LogP contribution in [-0.4, -0.2) is 42.8 Å². The van der Waals surface area contributed by atoms with E-state index in [1.165, 1.54) is 11.3 Å². The predicted molar refractivity (Wildman–Crippen MR) is 136 cm³/mol. The van der Waals surface area contributed by atoms with Crippen molar-refractivity contribution in [1.29, 1.82) is 0 Å². The fourth-order valence-electron chi connectivity index (χ4n) is 4.43. The SMILES string of the molecule is Cc1nc(-c2ccc3ccnc(NC4CC(O)(C(=O)Nc5nc(C)c(C(C)(C)C)s5)C4)c3c2)no1. The first-order chi connectivity index (χ1) is 16.5. The van der Waals surface area contributed by atoms with E-state index in [1.54, 1.807) is 13.1 Å². The zero-order valence-electron chi connectivity index (χ0n) is 20.3. The minimum absolute atomic E-state index is 0.0546. The van der Waals surface area contributed by atoms with E-state index in [0.29, 0.717) is 22.7 Å². The molecule has 1 saturated carbocycles. The average molecular weight is 493 g/mol. The summed E-state index contributed by atoms with van der Waals surface area (Å²) < 4.78 is 5.10. The van der Waals surface area contributed by atoms with Crippen molar-refractivity contribution in [3.05, 3.63) is 46.9 Å². The number of aromatic nitrogens is 4. The highest BCUT2D eigenvalue weighted by Crippen LogP contribution is 2.38. The molecule has 1 aliphatic carbocycles. The van der Waals surface area contributed by atoms with Crippen LogP contribution in [0.1, 0.15) is 50.1 Å². The summed E-state index contributed by atoms with van der Waals surface area (Å²) in [5.74, 6) is 1.27. The number of aryl methyl sites for hydroxylation is 2. The van der Waals surface area contributed by atoms with Gasteiger partial charge in [0.15, 0.2) is 5.13 Å². The third-order valence-electron chi connectivity index (χ3n) is 6.18. The summed E-state index contributed by atoms with van der Waals surface area (Å²) in [7, 11) is 0. The Hall–Kier alpha value is -3.37. The summed E-state index contributed by atoms with van der Waals surface area (Å²) in [5.41, 5.74) is 0.219. The quantitative estimate of drug-likeness (QED) is 0.369. The summed E-state index contributed by atoms with van der Waals surface area (Å²) in [6.45, 7) is 10.0. The third kappa shape index (κ3) is 4.51. The van der Waals surface area contributed by atoms with Crippen LogP contribution in [0.15, 0.2) is 35.0 Å². The summed E-state index contributed by atoms with van der Waals surface area (Å²) in [6.07, 6.45) is 2.28. The number of rotatable bonds is 5. The van der Waals surface area contributed by atoms with Gasteiger partial charge in [-0.3, -0.25) is 10.1 Å². The van der Waals surface area contributed by atoms with E-state index in [4.69, 9.17) is 4.52 Å². The number of aliphatic hydroxyl groups is 1. The van der Waals surface area contributed by atoms with Crippen molar-refractivity contribution >= 4 is 39.0 Å². The number of pyridine rings is 1. The van der Waals surface area contributed by atoms with Gasteiger partial charge in [0.2, 0.25) is 11.7 Å². The van der Waals surface area contributed by atoms with Gasteiger partial charge >= 0.3 is 0 Å². The average Bonchev–Trinajstić information content (AvgIpc) is 3.37. The molecule has 0 atom stereocenters. The van der Waals surface area contributed by atoms with Crippen molar-refractivity contribution in [2.24, 2.45) is 0 Å². The van der Waals surface area contributed by atoms with Crippen LogP contribution < -0.4 is 10.6 Å². The van der Waals surface area contributed by atoms with Crippen LogP contribution >= 0.6 is 11.3 Å². The predicted octanol–water partition coefficient (Wildman–Crippen LogP) is 4.60. The molecule has 0 unspecified atom stereocenters. The number of benzene rings is 1. The number of thiazole rings is 1. The van der Waals surface area contributed by atoms with Crippen molar-refractivity contribution < 1.29 is 14.4 Å². The summed E-state index contributed by atoms with van der Waals surface area (Å²) in [6, 6.07) is 7.72. The fourth-order valence-corrected chi connectivity index (χ4v) is 5.45. The molecule has 9 nitrogen and oxygen atoms in total. The molecule has 0 saturated heterocycles. The molecule has 1 aromatic carbocycles. The highest BCUT2D eigenvalue weighted by Gasteiger charge is 2.49. The van der Waals surface area contributed by atoms with Gasteiger partial charge < -0.3 is 14.9 Å². The molecule has 0 aliphatic heterocycles. The van der Waals surface area contributed by atoms with Gasteiger partial charge in [0.25, 0.3) is 5.91 Å². The lowest BCUT2D eigenvalue weighted by atomic mass is 9.75. The van der Waals surface area contributed by atoms with Crippen molar-refractivity contribution in [2.75, 3.05) is 10.6 Å². The van der Waals surface area contributed by atoms with Gasteiger partial charge in [-0.1, -0.05) is 38.1 Å². The minimum atomic E-state index is -1.45. The molecule has 3 N–H and O–H groups in total. The van der Waals surface area contributed by atoms with Gasteiger partial charge in [-0.05, 0) is 29.9 Å². The van der Waals surface area contributed by atoms with Crippen molar-refractivity contribution in [3.63, 3.8) is 0 Å². The Morgan fingerprint density at radius 2 is 1.97 bits per heavy atom. The van der Waals surface area contributed by atoms with Crippen molar-refractivity contribution in [2.45, 2.75) is 64.5 Å². The molecule has 3 aromatic heterocycles. The highest BCUT2D eigenvalue weighted by atomic mass is 32.1. The van der Waals surface area contributed by atoms with E-state index in [9.17, 15) is 9.90 Å². The van der Waals surface area contributed by atoms with Gasteiger partial charge in [0, 0.05) is 47.8 Å². The van der Waals surface area contributed by atoms with E-state index in [2.05, 4.69) is 51.5 Å². The summed E-state index contributed by atoms with van der Waals surface area (Å²) >= 11 is 1.45. The lowest BCUT2D eigenvalue weighted by Gasteiger charge is -2.42. The molecule has 10 heteroatoms. The second kappa shape index (κ2) is 8.39. The van der Waals surface area contributed by atoms with Gasteiger partial charge in [0.05, 0.1) is 5.69 Å². The molecule has 5 rings (SSSR count). The Morgan fingerprint density at radius 1 is 1.20 bits per heavy atom. The van der Waals surface area contributed by atoms with E-state index in [-0.39, 0.29) is 24.3 Å². The van der Waals surface area contributed by atoms with Gasteiger partial charge in [-0.25, -0.2) is 9.97 Å². The Morgan fingerprint density at radius 3 is 2.63 bits per heavy atom. The molecule has 182 valence electrons. The maximum atomic E-state index is 12.8. The van der Waals surface area contributed by atoms with E-state index in [1.807, 2.05) is 31.2 Å². The molecule has 0 bridgehead atoms. The lowest BCUT2D eigenvalue weighted by Crippen LogP contribution is -2.57. The molecule has 3 heterocycles. The van der Waals surface area contributed by atoms with Crippen LogP contribution in [0.25, 0.3) is 22.2 Å². The number of nitrogens with one attached hydrogen (secondary N) is 2. The van der Waals surface area contributed by atoms with E-state index >= 15 is 0 Å². The van der Waals surface area contributed by atoms with Crippen molar-refractivity contribution in [3.8, 4) is 11.4 Å².